The van der Waals surface area contributed by atoms with Gasteiger partial charge in [0.25, 0.3) is 0 Å². The Labute approximate surface area is 234 Å². The van der Waals surface area contributed by atoms with Gasteiger partial charge in [0.15, 0.2) is 11.6 Å². The number of aromatic nitrogens is 2. The Balaban J connectivity index is 1.81. The predicted octanol–water partition coefficient (Wildman–Crippen LogP) is 6.68. The van der Waals surface area contributed by atoms with Crippen LogP contribution in [0.5, 0.6) is 17.2 Å². The molecule has 0 aliphatic carbocycles. The Kier molecular flexibility index (Phi) is 9.27. The molecule has 0 saturated carbocycles. The normalized spacial score (nSPS) is 11.8. The number of ether oxygens (including phenoxy) is 3. The van der Waals surface area contributed by atoms with Crippen molar-refractivity contribution >= 4 is 11.5 Å². The molecule has 0 spiro atoms. The molecule has 4 rings (SSSR count). The van der Waals surface area contributed by atoms with E-state index in [1.54, 1.807) is 42.6 Å². The summed E-state index contributed by atoms with van der Waals surface area (Å²) in [6.07, 6.45) is 2.43. The van der Waals surface area contributed by atoms with Crippen molar-refractivity contribution in [3.8, 4) is 28.5 Å². The number of nitrogen functional groups attached to an aromatic ring is 1. The van der Waals surface area contributed by atoms with Gasteiger partial charge in [-0.05, 0) is 69.7 Å². The van der Waals surface area contributed by atoms with Crippen molar-refractivity contribution in [3.63, 3.8) is 0 Å². The second kappa shape index (κ2) is 13.0. The first-order chi connectivity index (χ1) is 19.3. The minimum absolute atomic E-state index is 0.0336. The van der Waals surface area contributed by atoms with Gasteiger partial charge in [0.2, 0.25) is 0 Å². The van der Waals surface area contributed by atoms with Crippen LogP contribution in [0.4, 0.5) is 10.1 Å². The molecule has 0 amide bonds. The van der Waals surface area contributed by atoms with E-state index in [9.17, 15) is 0 Å². The number of nitrogens with two attached hydrogens (primary N) is 1. The van der Waals surface area contributed by atoms with Crippen molar-refractivity contribution in [2.45, 2.75) is 46.3 Å². The van der Waals surface area contributed by atoms with Gasteiger partial charge < -0.3 is 30.2 Å². The highest BCUT2D eigenvalue weighted by atomic mass is 19.1. The number of aromatic amines is 1. The van der Waals surface area contributed by atoms with Gasteiger partial charge >= 0.3 is 0 Å². The lowest BCUT2D eigenvalue weighted by atomic mass is 10.0. The lowest BCUT2D eigenvalue weighted by Crippen LogP contribution is -2.18. The summed E-state index contributed by atoms with van der Waals surface area (Å²) < 4.78 is 33.6. The van der Waals surface area contributed by atoms with Gasteiger partial charge in [-0.2, -0.15) is 0 Å². The van der Waals surface area contributed by atoms with E-state index in [1.807, 2.05) is 45.0 Å². The van der Waals surface area contributed by atoms with E-state index in [0.717, 1.165) is 17.7 Å². The molecule has 40 heavy (non-hydrogen) atoms. The number of hydrogen-bond donors (Lipinski definition) is 4. The minimum Gasteiger partial charge on any atom is -0.494 e. The Morgan fingerprint density at radius 3 is 2.48 bits per heavy atom. The van der Waals surface area contributed by atoms with E-state index in [2.05, 4.69) is 17.2 Å². The molecular weight excluding hydrogens is 509 g/mol. The molecule has 5 N–H and O–H groups in total. The highest BCUT2D eigenvalue weighted by Gasteiger charge is 2.26. The number of imidazole rings is 1. The molecule has 1 unspecified atom stereocenters. The Hall–Kier alpha value is -4.53. The van der Waals surface area contributed by atoms with Crippen LogP contribution in [-0.4, -0.2) is 35.1 Å². The van der Waals surface area contributed by atoms with Crippen LogP contribution in [0.3, 0.4) is 0 Å². The zero-order valence-electron chi connectivity index (χ0n) is 23.3. The molecule has 210 valence electrons. The largest absolute Gasteiger partial charge is 0.494 e. The third-order valence-electron chi connectivity index (χ3n) is 6.03. The zero-order valence-corrected chi connectivity index (χ0v) is 23.3. The third-order valence-corrected chi connectivity index (χ3v) is 6.03. The maximum Gasteiger partial charge on any atom is 0.171 e. The maximum atomic E-state index is 16.1. The number of hydrogen-bond acceptors (Lipinski definition) is 6. The molecule has 0 saturated heterocycles. The van der Waals surface area contributed by atoms with Gasteiger partial charge in [0.05, 0.1) is 25.0 Å². The summed E-state index contributed by atoms with van der Waals surface area (Å²) in [5.41, 5.74) is 8.70. The maximum absolute atomic E-state index is 16.1. The zero-order chi connectivity index (χ0) is 28.6. The standard InChI is InChI=1S/C31H36FN5O3/c1-5-15-39-26-10-8-7-9-23(26)25-18-35-31(37-25)29(36-21-13-11-20(12-14-21)30(33)34)24-16-22(38-6-2)17-27(28(24)32)40-19(3)4/h7-14,16-19,29,36H,5-6,15H2,1-4H3,(H3,33,34)(H,35,37). The van der Waals surface area contributed by atoms with E-state index in [-0.39, 0.29) is 17.7 Å². The first-order valence-corrected chi connectivity index (χ1v) is 13.4. The van der Waals surface area contributed by atoms with Gasteiger partial charge in [0, 0.05) is 34.6 Å². The number of para-hydroxylation sites is 1. The summed E-state index contributed by atoms with van der Waals surface area (Å²) in [5.74, 6) is 1.24. The van der Waals surface area contributed by atoms with Crippen LogP contribution < -0.4 is 25.3 Å². The molecule has 4 aromatic rings. The lowest BCUT2D eigenvalue weighted by molar-refractivity contribution is 0.228. The van der Waals surface area contributed by atoms with Gasteiger partial charge in [0.1, 0.15) is 29.2 Å². The van der Waals surface area contributed by atoms with E-state index in [4.69, 9.17) is 30.3 Å². The monoisotopic (exact) mass is 545 g/mol. The van der Waals surface area contributed by atoms with Crippen molar-refractivity contribution in [3.05, 3.63) is 89.6 Å². The molecule has 0 radical (unpaired) electrons. The number of nitrogens with one attached hydrogen (secondary N) is 3. The van der Waals surface area contributed by atoms with E-state index >= 15 is 4.39 Å². The van der Waals surface area contributed by atoms with Crippen LogP contribution >= 0.6 is 0 Å². The van der Waals surface area contributed by atoms with E-state index < -0.39 is 11.9 Å². The Morgan fingerprint density at radius 1 is 1.05 bits per heavy atom. The quantitative estimate of drug-likeness (QED) is 0.110. The fourth-order valence-corrected chi connectivity index (χ4v) is 4.24. The number of amidine groups is 1. The molecule has 3 aromatic carbocycles. The second-order valence-corrected chi connectivity index (χ2v) is 9.51. The molecular formula is C31H36FN5O3. The van der Waals surface area contributed by atoms with Crippen molar-refractivity contribution in [1.29, 1.82) is 5.41 Å². The molecule has 1 heterocycles. The average molecular weight is 546 g/mol. The second-order valence-electron chi connectivity index (χ2n) is 9.51. The van der Waals surface area contributed by atoms with Gasteiger partial charge in [-0.3, -0.25) is 5.41 Å². The van der Waals surface area contributed by atoms with Crippen molar-refractivity contribution in [1.82, 2.24) is 9.97 Å². The number of benzene rings is 3. The number of H-pyrrole nitrogens is 1. The lowest BCUT2D eigenvalue weighted by Gasteiger charge is -2.22. The highest BCUT2D eigenvalue weighted by Crippen LogP contribution is 2.37. The van der Waals surface area contributed by atoms with Crippen LogP contribution in [0, 0.1) is 11.2 Å². The molecule has 9 heteroatoms. The predicted molar refractivity (Wildman–Crippen MR) is 156 cm³/mol. The fourth-order valence-electron chi connectivity index (χ4n) is 4.24. The topological polar surface area (TPSA) is 118 Å². The molecule has 1 aromatic heterocycles. The summed E-state index contributed by atoms with van der Waals surface area (Å²) in [4.78, 5) is 8.12. The van der Waals surface area contributed by atoms with Gasteiger partial charge in [-0.1, -0.05) is 19.1 Å². The number of halogens is 1. The van der Waals surface area contributed by atoms with Crippen LogP contribution in [0.2, 0.25) is 0 Å². The summed E-state index contributed by atoms with van der Waals surface area (Å²) in [6.45, 7) is 8.61. The Morgan fingerprint density at radius 2 is 1.80 bits per heavy atom. The molecule has 0 aliphatic heterocycles. The molecule has 1 atom stereocenters. The van der Waals surface area contributed by atoms with Crippen LogP contribution in [0.1, 0.15) is 57.1 Å². The number of nitrogens with zero attached hydrogens (tertiary/aromatic N) is 1. The summed E-state index contributed by atoms with van der Waals surface area (Å²) >= 11 is 0. The summed E-state index contributed by atoms with van der Waals surface area (Å²) in [7, 11) is 0. The number of rotatable bonds is 13. The van der Waals surface area contributed by atoms with E-state index in [0.29, 0.717) is 47.3 Å². The number of anilines is 1. The average Bonchev–Trinajstić information content (AvgIpc) is 3.42. The van der Waals surface area contributed by atoms with Crippen LogP contribution in [0.15, 0.2) is 66.9 Å². The highest BCUT2D eigenvalue weighted by molar-refractivity contribution is 5.95. The minimum atomic E-state index is -0.740. The third kappa shape index (κ3) is 6.72. The SMILES string of the molecule is CCCOc1ccccc1-c1c[nH]c(C(Nc2ccc(C(=N)N)cc2)c2cc(OCC)cc(OC(C)C)c2F)n1. The van der Waals surface area contributed by atoms with Crippen LogP contribution in [0.25, 0.3) is 11.3 Å². The van der Waals surface area contributed by atoms with Crippen molar-refractivity contribution in [2.24, 2.45) is 5.73 Å². The molecule has 0 fully saturated rings. The molecule has 0 aliphatic rings. The summed E-state index contributed by atoms with van der Waals surface area (Å²) in [6, 6.07) is 17.2. The summed E-state index contributed by atoms with van der Waals surface area (Å²) in [5, 5.41) is 11.1. The van der Waals surface area contributed by atoms with Crippen molar-refractivity contribution < 1.29 is 18.6 Å². The first-order valence-electron chi connectivity index (χ1n) is 13.4. The van der Waals surface area contributed by atoms with Gasteiger partial charge in [-0.15, -0.1) is 0 Å². The molecule has 0 bridgehead atoms. The smallest absolute Gasteiger partial charge is 0.171 e. The van der Waals surface area contributed by atoms with Crippen LogP contribution in [-0.2, 0) is 0 Å². The van der Waals surface area contributed by atoms with Gasteiger partial charge in [-0.25, -0.2) is 9.37 Å². The van der Waals surface area contributed by atoms with Crippen molar-refractivity contribution in [2.75, 3.05) is 18.5 Å². The van der Waals surface area contributed by atoms with E-state index in [1.165, 1.54) is 0 Å². The Bertz CT molecular complexity index is 1440. The first kappa shape index (κ1) is 28.5. The fraction of sp³-hybridized carbons (Fsp3) is 0.290. The molecule has 8 nitrogen and oxygen atoms in total.